The van der Waals surface area contributed by atoms with Crippen LogP contribution in [0.15, 0.2) is 54.2 Å². The van der Waals surface area contributed by atoms with E-state index in [-0.39, 0.29) is 0 Å². The third-order valence-corrected chi connectivity index (χ3v) is 4.00. The molecule has 1 N–H and O–H groups in total. The number of aliphatic hydroxyl groups excluding tert-OH is 1. The van der Waals surface area contributed by atoms with E-state index in [1.54, 1.807) is 23.7 Å². The summed E-state index contributed by atoms with van der Waals surface area (Å²) in [5.41, 5.74) is 2.06. The first-order chi connectivity index (χ1) is 8.84. The van der Waals surface area contributed by atoms with Gasteiger partial charge in [0.25, 0.3) is 0 Å². The Hall–Kier alpha value is -1.71. The molecule has 3 aromatic rings. The van der Waals surface area contributed by atoms with Crippen LogP contribution in [0.3, 0.4) is 0 Å². The average Bonchev–Trinajstić information content (AvgIpc) is 2.87. The van der Waals surface area contributed by atoms with Crippen LogP contribution in [0.2, 0.25) is 0 Å². The standard InChI is InChI=1S/C15H13NOS/c17-14(9-11-3-2-7-16-10-11)13-5-1-4-12-6-8-18-15(12)13/h1-8,10,14,17H,9H2. The highest BCUT2D eigenvalue weighted by Crippen LogP contribution is 2.30. The molecular formula is C15H13NOS. The van der Waals surface area contributed by atoms with Crippen LogP contribution in [0.25, 0.3) is 10.1 Å². The summed E-state index contributed by atoms with van der Waals surface area (Å²) < 4.78 is 1.17. The van der Waals surface area contributed by atoms with Crippen molar-refractivity contribution in [3.05, 3.63) is 65.3 Å². The van der Waals surface area contributed by atoms with Crippen molar-refractivity contribution in [3.63, 3.8) is 0 Å². The molecule has 0 fully saturated rings. The second kappa shape index (κ2) is 4.88. The molecule has 3 rings (SSSR count). The summed E-state index contributed by atoms with van der Waals surface area (Å²) in [6.07, 6.45) is 3.68. The fourth-order valence-corrected chi connectivity index (χ4v) is 3.09. The van der Waals surface area contributed by atoms with E-state index in [0.717, 1.165) is 11.1 Å². The first-order valence-corrected chi connectivity index (χ1v) is 6.75. The van der Waals surface area contributed by atoms with Crippen LogP contribution in [0, 0.1) is 0 Å². The highest BCUT2D eigenvalue weighted by molar-refractivity contribution is 7.17. The van der Waals surface area contributed by atoms with Crippen LogP contribution >= 0.6 is 11.3 Å². The number of aliphatic hydroxyl groups is 1. The Labute approximate surface area is 110 Å². The molecule has 0 spiro atoms. The van der Waals surface area contributed by atoms with Gasteiger partial charge in [0.1, 0.15) is 0 Å². The minimum atomic E-state index is -0.475. The van der Waals surface area contributed by atoms with Gasteiger partial charge in [0.2, 0.25) is 0 Å². The van der Waals surface area contributed by atoms with Gasteiger partial charge in [-0.3, -0.25) is 4.98 Å². The highest BCUT2D eigenvalue weighted by atomic mass is 32.1. The number of aromatic nitrogens is 1. The van der Waals surface area contributed by atoms with Crippen molar-refractivity contribution in [3.8, 4) is 0 Å². The van der Waals surface area contributed by atoms with E-state index in [1.807, 2.05) is 24.3 Å². The first-order valence-electron chi connectivity index (χ1n) is 5.87. The molecule has 2 nitrogen and oxygen atoms in total. The molecule has 2 heterocycles. The summed E-state index contributed by atoms with van der Waals surface area (Å²) >= 11 is 1.68. The number of rotatable bonds is 3. The summed E-state index contributed by atoms with van der Waals surface area (Å²) in [5, 5.41) is 13.6. The molecule has 18 heavy (non-hydrogen) atoms. The Kier molecular flexibility index (Phi) is 3.09. The Morgan fingerprint density at radius 3 is 2.94 bits per heavy atom. The summed E-state index contributed by atoms with van der Waals surface area (Å²) in [5.74, 6) is 0. The molecule has 0 bridgehead atoms. The molecule has 0 radical (unpaired) electrons. The van der Waals surface area contributed by atoms with Gasteiger partial charge in [-0.05, 0) is 34.0 Å². The van der Waals surface area contributed by atoms with Crippen molar-refractivity contribution in [2.24, 2.45) is 0 Å². The molecule has 1 atom stereocenters. The van der Waals surface area contributed by atoms with E-state index in [9.17, 15) is 5.11 Å². The van der Waals surface area contributed by atoms with Crippen LogP contribution in [0.5, 0.6) is 0 Å². The maximum absolute atomic E-state index is 10.4. The lowest BCUT2D eigenvalue weighted by Crippen LogP contribution is -2.02. The van der Waals surface area contributed by atoms with Gasteiger partial charge >= 0.3 is 0 Å². The summed E-state index contributed by atoms with van der Waals surface area (Å²) in [6.45, 7) is 0. The highest BCUT2D eigenvalue weighted by Gasteiger charge is 2.12. The largest absolute Gasteiger partial charge is 0.388 e. The van der Waals surface area contributed by atoms with E-state index in [4.69, 9.17) is 0 Å². The van der Waals surface area contributed by atoms with E-state index in [0.29, 0.717) is 6.42 Å². The molecule has 0 aliphatic rings. The van der Waals surface area contributed by atoms with Gasteiger partial charge in [-0.1, -0.05) is 24.3 Å². The molecule has 0 aliphatic heterocycles. The maximum Gasteiger partial charge on any atom is 0.0844 e. The molecule has 0 aliphatic carbocycles. The molecule has 3 heteroatoms. The fraction of sp³-hybridized carbons (Fsp3) is 0.133. The van der Waals surface area contributed by atoms with Crippen molar-refractivity contribution < 1.29 is 5.11 Å². The van der Waals surface area contributed by atoms with Gasteiger partial charge in [-0.2, -0.15) is 0 Å². The zero-order valence-electron chi connectivity index (χ0n) is 9.78. The number of thiophene rings is 1. The third-order valence-electron chi connectivity index (χ3n) is 3.02. The van der Waals surface area contributed by atoms with Gasteiger partial charge in [0.15, 0.2) is 0 Å². The van der Waals surface area contributed by atoms with Crippen molar-refractivity contribution in [1.29, 1.82) is 0 Å². The molecule has 0 amide bonds. The van der Waals surface area contributed by atoms with Crippen LogP contribution in [0.1, 0.15) is 17.2 Å². The Morgan fingerprint density at radius 2 is 2.11 bits per heavy atom. The SMILES string of the molecule is OC(Cc1cccnc1)c1cccc2ccsc12. The Bertz CT molecular complexity index is 648. The van der Waals surface area contributed by atoms with Crippen LogP contribution in [-0.4, -0.2) is 10.1 Å². The molecule has 90 valence electrons. The van der Waals surface area contributed by atoms with Gasteiger partial charge in [-0.15, -0.1) is 11.3 Å². The maximum atomic E-state index is 10.4. The number of hydrogen-bond donors (Lipinski definition) is 1. The number of fused-ring (bicyclic) bond motifs is 1. The number of pyridine rings is 1. The van der Waals surface area contributed by atoms with Crippen LogP contribution in [0.4, 0.5) is 0 Å². The number of nitrogens with zero attached hydrogens (tertiary/aromatic N) is 1. The molecule has 1 aromatic carbocycles. The quantitative estimate of drug-likeness (QED) is 0.776. The Balaban J connectivity index is 1.92. The topological polar surface area (TPSA) is 33.1 Å². The second-order valence-corrected chi connectivity index (χ2v) is 5.18. The van der Waals surface area contributed by atoms with E-state index >= 15 is 0 Å². The average molecular weight is 255 g/mol. The van der Waals surface area contributed by atoms with Crippen LogP contribution in [-0.2, 0) is 6.42 Å². The first kappa shape index (κ1) is 11.4. The predicted octanol–water partition coefficient (Wildman–Crippen LogP) is 3.57. The molecule has 2 aromatic heterocycles. The number of benzene rings is 1. The van der Waals surface area contributed by atoms with Gasteiger partial charge in [0.05, 0.1) is 6.10 Å². The molecule has 0 saturated carbocycles. The lowest BCUT2D eigenvalue weighted by Gasteiger charge is -2.11. The summed E-state index contributed by atoms with van der Waals surface area (Å²) in [6, 6.07) is 12.0. The van der Waals surface area contributed by atoms with E-state index in [2.05, 4.69) is 22.5 Å². The van der Waals surface area contributed by atoms with Crippen molar-refractivity contribution >= 4 is 21.4 Å². The van der Waals surface area contributed by atoms with Crippen molar-refractivity contribution in [2.75, 3.05) is 0 Å². The normalized spacial score (nSPS) is 12.7. The zero-order valence-corrected chi connectivity index (χ0v) is 10.6. The monoisotopic (exact) mass is 255 g/mol. The van der Waals surface area contributed by atoms with E-state index in [1.165, 1.54) is 10.1 Å². The second-order valence-electron chi connectivity index (χ2n) is 4.27. The van der Waals surface area contributed by atoms with Crippen molar-refractivity contribution in [2.45, 2.75) is 12.5 Å². The lowest BCUT2D eigenvalue weighted by atomic mass is 10.0. The predicted molar refractivity (Wildman–Crippen MR) is 74.7 cm³/mol. The van der Waals surface area contributed by atoms with Gasteiger partial charge in [-0.25, -0.2) is 0 Å². The van der Waals surface area contributed by atoms with Gasteiger partial charge in [0, 0.05) is 23.5 Å². The Morgan fingerprint density at radius 1 is 1.17 bits per heavy atom. The van der Waals surface area contributed by atoms with Crippen LogP contribution < -0.4 is 0 Å². The summed E-state index contributed by atoms with van der Waals surface area (Å²) in [7, 11) is 0. The fourth-order valence-electron chi connectivity index (χ4n) is 2.13. The third kappa shape index (κ3) is 2.15. The van der Waals surface area contributed by atoms with E-state index < -0.39 is 6.10 Å². The van der Waals surface area contributed by atoms with Crippen molar-refractivity contribution in [1.82, 2.24) is 4.98 Å². The molecule has 0 saturated heterocycles. The minimum absolute atomic E-state index is 0.475. The molecular weight excluding hydrogens is 242 g/mol. The van der Waals surface area contributed by atoms with Gasteiger partial charge < -0.3 is 5.11 Å². The lowest BCUT2D eigenvalue weighted by molar-refractivity contribution is 0.180. The zero-order chi connectivity index (χ0) is 12.4. The number of hydrogen-bond acceptors (Lipinski definition) is 3. The summed E-state index contributed by atoms with van der Waals surface area (Å²) in [4.78, 5) is 4.08. The molecule has 1 unspecified atom stereocenters. The smallest absolute Gasteiger partial charge is 0.0844 e. The minimum Gasteiger partial charge on any atom is -0.388 e.